The Morgan fingerprint density at radius 1 is 1.11 bits per heavy atom. The average Bonchev–Trinajstić information content (AvgIpc) is 3.12. The summed E-state index contributed by atoms with van der Waals surface area (Å²) in [5.74, 6) is 1.43. The van der Waals surface area contributed by atoms with Crippen molar-refractivity contribution in [2.45, 2.75) is 123 Å². The largest absolute Gasteiger partial charge is 0.399 e. The standard InChI is InChI=1S/C26H36N2.C6H13F/c1-3-19(2)22-12-15-26-23(16-22)17-24(13-14-25(27)21-10-7-11-21)28(26)18-20-8-5-4-6-9-20;1-4-5-6(2,3)7/h12-17,19-20H,3-11,18,27H2,1-2H3;4-5H2,1-3H3/b14-13+;. The summed E-state index contributed by atoms with van der Waals surface area (Å²) in [5, 5.41) is 1.38. The Hall–Kier alpha value is -2.03. The van der Waals surface area contributed by atoms with Crippen molar-refractivity contribution >= 4 is 17.0 Å². The smallest absolute Gasteiger partial charge is 0.105 e. The summed E-state index contributed by atoms with van der Waals surface area (Å²) in [4.78, 5) is 0. The Labute approximate surface area is 213 Å². The minimum atomic E-state index is -0.950. The summed E-state index contributed by atoms with van der Waals surface area (Å²) in [6, 6.07) is 9.47. The molecule has 1 atom stereocenters. The van der Waals surface area contributed by atoms with E-state index in [1.54, 1.807) is 13.8 Å². The van der Waals surface area contributed by atoms with Crippen molar-refractivity contribution in [3.05, 3.63) is 52.9 Å². The summed E-state index contributed by atoms with van der Waals surface area (Å²) < 4.78 is 14.9. The van der Waals surface area contributed by atoms with Crippen molar-refractivity contribution in [2.75, 3.05) is 0 Å². The first-order valence-electron chi connectivity index (χ1n) is 14.2. The van der Waals surface area contributed by atoms with Crippen LogP contribution in [0.4, 0.5) is 4.39 Å². The van der Waals surface area contributed by atoms with E-state index in [9.17, 15) is 4.39 Å². The third kappa shape index (κ3) is 7.98. The molecule has 2 fully saturated rings. The zero-order valence-electron chi connectivity index (χ0n) is 23.0. The number of fused-ring (bicyclic) bond motifs is 1. The molecule has 2 aliphatic rings. The van der Waals surface area contributed by atoms with E-state index in [0.29, 0.717) is 12.3 Å². The molecule has 194 valence electrons. The van der Waals surface area contributed by atoms with Crippen molar-refractivity contribution in [3.8, 4) is 0 Å². The molecule has 2 aromatic rings. The molecule has 0 bridgehead atoms. The molecule has 2 aliphatic carbocycles. The number of hydrogen-bond donors (Lipinski definition) is 1. The summed E-state index contributed by atoms with van der Waals surface area (Å²) in [6.45, 7) is 10.9. The Balaban J connectivity index is 0.000000429. The molecule has 3 heteroatoms. The van der Waals surface area contributed by atoms with Crippen LogP contribution in [0, 0.1) is 5.92 Å². The van der Waals surface area contributed by atoms with Crippen LogP contribution in [0.3, 0.4) is 0 Å². The number of aromatic nitrogens is 1. The lowest BCUT2D eigenvalue weighted by Crippen LogP contribution is -2.15. The van der Waals surface area contributed by atoms with Gasteiger partial charge in [-0.25, -0.2) is 4.39 Å². The third-order valence-electron chi connectivity index (χ3n) is 7.95. The Morgan fingerprint density at radius 3 is 2.37 bits per heavy atom. The van der Waals surface area contributed by atoms with Gasteiger partial charge in [0.05, 0.1) is 0 Å². The number of benzene rings is 1. The number of nitrogens with zero attached hydrogens (tertiary/aromatic N) is 1. The number of allylic oxidation sites excluding steroid dienone is 2. The van der Waals surface area contributed by atoms with Crippen molar-refractivity contribution in [1.82, 2.24) is 4.57 Å². The number of nitrogens with two attached hydrogens (primary N) is 1. The quantitative estimate of drug-likeness (QED) is 0.400. The maximum Gasteiger partial charge on any atom is 0.105 e. The first-order chi connectivity index (χ1) is 16.7. The summed E-state index contributed by atoms with van der Waals surface area (Å²) in [6.07, 6.45) is 17.8. The van der Waals surface area contributed by atoms with Crippen LogP contribution in [0.5, 0.6) is 0 Å². The van der Waals surface area contributed by atoms with Gasteiger partial charge in [0.1, 0.15) is 5.67 Å². The van der Waals surface area contributed by atoms with Crippen LogP contribution < -0.4 is 5.73 Å². The predicted octanol–water partition coefficient (Wildman–Crippen LogP) is 9.68. The van der Waals surface area contributed by atoms with Gasteiger partial charge in [0.2, 0.25) is 0 Å². The van der Waals surface area contributed by atoms with Crippen molar-refractivity contribution < 1.29 is 4.39 Å². The summed E-state index contributed by atoms with van der Waals surface area (Å²) >= 11 is 0. The summed E-state index contributed by atoms with van der Waals surface area (Å²) in [5.41, 5.74) is 11.9. The van der Waals surface area contributed by atoms with Crippen molar-refractivity contribution in [3.63, 3.8) is 0 Å². The third-order valence-corrected chi connectivity index (χ3v) is 7.95. The van der Waals surface area contributed by atoms with Crippen LogP contribution in [0.2, 0.25) is 0 Å². The van der Waals surface area contributed by atoms with Crippen LogP contribution in [-0.4, -0.2) is 10.2 Å². The number of hydrogen-bond acceptors (Lipinski definition) is 1. The molecule has 0 saturated heterocycles. The van der Waals surface area contributed by atoms with E-state index >= 15 is 0 Å². The molecule has 0 radical (unpaired) electrons. The van der Waals surface area contributed by atoms with Gasteiger partial charge in [-0.2, -0.15) is 0 Å². The minimum absolute atomic E-state index is 0.615. The molecule has 2 N–H and O–H groups in total. The number of rotatable bonds is 8. The topological polar surface area (TPSA) is 30.9 Å². The zero-order valence-corrected chi connectivity index (χ0v) is 23.0. The fourth-order valence-corrected chi connectivity index (χ4v) is 5.35. The fourth-order valence-electron chi connectivity index (χ4n) is 5.35. The highest BCUT2D eigenvalue weighted by atomic mass is 19.1. The van der Waals surface area contributed by atoms with Crippen LogP contribution in [0.15, 0.2) is 41.6 Å². The second-order valence-electron chi connectivity index (χ2n) is 11.5. The molecular formula is C32H49FN2. The van der Waals surface area contributed by atoms with E-state index in [2.05, 4.69) is 54.8 Å². The monoisotopic (exact) mass is 480 g/mol. The highest BCUT2D eigenvalue weighted by molar-refractivity contribution is 5.84. The molecule has 4 rings (SSSR count). The zero-order chi connectivity index (χ0) is 25.4. The molecular weight excluding hydrogens is 431 g/mol. The maximum absolute atomic E-state index is 12.4. The molecule has 1 unspecified atom stereocenters. The van der Waals surface area contributed by atoms with E-state index in [0.717, 1.165) is 24.6 Å². The molecule has 35 heavy (non-hydrogen) atoms. The first-order valence-corrected chi connectivity index (χ1v) is 14.2. The minimum Gasteiger partial charge on any atom is -0.399 e. The van der Waals surface area contributed by atoms with Crippen LogP contribution in [0.1, 0.15) is 122 Å². The molecule has 2 saturated carbocycles. The van der Waals surface area contributed by atoms with Gasteiger partial charge in [0, 0.05) is 28.8 Å². The second-order valence-corrected chi connectivity index (χ2v) is 11.5. The fraction of sp³-hybridized carbons (Fsp3) is 0.625. The van der Waals surface area contributed by atoms with Gasteiger partial charge in [-0.3, -0.25) is 0 Å². The van der Waals surface area contributed by atoms with E-state index < -0.39 is 5.67 Å². The van der Waals surface area contributed by atoms with Crippen molar-refractivity contribution in [1.29, 1.82) is 0 Å². The summed E-state index contributed by atoms with van der Waals surface area (Å²) in [7, 11) is 0. The lowest BCUT2D eigenvalue weighted by atomic mass is 9.89. The number of alkyl halides is 1. The van der Waals surface area contributed by atoms with Gasteiger partial charge in [-0.05, 0) is 112 Å². The Kier molecular flexibility index (Phi) is 10.1. The highest BCUT2D eigenvalue weighted by Gasteiger charge is 2.18. The van der Waals surface area contributed by atoms with Gasteiger partial charge in [0.25, 0.3) is 0 Å². The van der Waals surface area contributed by atoms with Crippen LogP contribution in [-0.2, 0) is 6.54 Å². The molecule has 2 nitrogen and oxygen atoms in total. The van der Waals surface area contributed by atoms with E-state index in [4.69, 9.17) is 5.73 Å². The van der Waals surface area contributed by atoms with Gasteiger partial charge in [0.15, 0.2) is 0 Å². The first kappa shape index (κ1) is 27.6. The molecule has 0 aliphatic heterocycles. The molecule has 0 amide bonds. The van der Waals surface area contributed by atoms with Crippen LogP contribution in [0.25, 0.3) is 17.0 Å². The SMILES string of the molecule is CCC(C)c1ccc2c(c1)cc(/C=C/C(N)=C1CCC1)n2CC1CCCCC1.CCCC(C)(C)F. The second kappa shape index (κ2) is 12.8. The normalized spacial score (nSPS) is 17.8. The van der Waals surface area contributed by atoms with E-state index in [1.165, 1.54) is 85.5 Å². The molecule has 1 heterocycles. The van der Waals surface area contributed by atoms with Gasteiger partial charge >= 0.3 is 0 Å². The molecule has 1 aromatic carbocycles. The van der Waals surface area contributed by atoms with Crippen LogP contribution >= 0.6 is 0 Å². The predicted molar refractivity (Wildman–Crippen MR) is 151 cm³/mol. The maximum atomic E-state index is 12.4. The van der Waals surface area contributed by atoms with E-state index in [-0.39, 0.29) is 0 Å². The van der Waals surface area contributed by atoms with Crippen molar-refractivity contribution in [2.24, 2.45) is 11.7 Å². The highest BCUT2D eigenvalue weighted by Crippen LogP contribution is 2.32. The van der Waals surface area contributed by atoms with Gasteiger partial charge in [-0.1, -0.05) is 52.5 Å². The Morgan fingerprint density at radius 2 is 1.83 bits per heavy atom. The van der Waals surface area contributed by atoms with E-state index in [1.807, 2.05) is 6.92 Å². The average molecular weight is 481 g/mol. The lowest BCUT2D eigenvalue weighted by molar-refractivity contribution is 0.200. The van der Waals surface area contributed by atoms with Gasteiger partial charge < -0.3 is 10.3 Å². The lowest BCUT2D eigenvalue weighted by Gasteiger charge is -2.23. The Bertz CT molecular complexity index is 992. The molecule has 1 aromatic heterocycles. The molecule has 0 spiro atoms. The number of halogens is 1. The van der Waals surface area contributed by atoms with Gasteiger partial charge in [-0.15, -0.1) is 0 Å².